The number of likely N-dealkylation sites (tertiary alicyclic amines) is 1. The summed E-state index contributed by atoms with van der Waals surface area (Å²) in [6, 6.07) is 7.59. The predicted molar refractivity (Wildman–Crippen MR) is 99.0 cm³/mol. The lowest BCUT2D eigenvalue weighted by Gasteiger charge is -2.40. The second-order valence-corrected chi connectivity index (χ2v) is 7.63. The summed E-state index contributed by atoms with van der Waals surface area (Å²) >= 11 is 5.97. The molecule has 0 aromatic heterocycles. The van der Waals surface area contributed by atoms with Gasteiger partial charge in [0, 0.05) is 24.7 Å². The molecule has 0 radical (unpaired) electrons. The van der Waals surface area contributed by atoms with E-state index in [9.17, 15) is 9.59 Å². The Balaban J connectivity index is 1.70. The monoisotopic (exact) mass is 379 g/mol. The molecule has 0 N–H and O–H groups in total. The van der Waals surface area contributed by atoms with Gasteiger partial charge in [0.05, 0.1) is 24.5 Å². The van der Waals surface area contributed by atoms with Crippen LogP contribution in [0.2, 0.25) is 5.02 Å². The molecule has 1 amide bonds. The summed E-state index contributed by atoms with van der Waals surface area (Å²) in [5, 5.41) is 0.679. The molecule has 6 heteroatoms. The zero-order chi connectivity index (χ0) is 18.6. The highest BCUT2D eigenvalue weighted by Gasteiger charge is 2.44. The Morgan fingerprint density at radius 1 is 1.27 bits per heavy atom. The van der Waals surface area contributed by atoms with Crippen molar-refractivity contribution in [3.05, 3.63) is 34.9 Å². The van der Waals surface area contributed by atoms with Gasteiger partial charge in [0.1, 0.15) is 0 Å². The van der Waals surface area contributed by atoms with Crippen molar-refractivity contribution in [2.45, 2.75) is 32.6 Å². The van der Waals surface area contributed by atoms with Crippen molar-refractivity contribution in [3.8, 4) is 0 Å². The highest BCUT2D eigenvalue weighted by Crippen LogP contribution is 2.37. The Kier molecular flexibility index (Phi) is 6.20. The van der Waals surface area contributed by atoms with Gasteiger partial charge >= 0.3 is 5.97 Å². The van der Waals surface area contributed by atoms with E-state index in [1.54, 1.807) is 0 Å². The minimum Gasteiger partial charge on any atom is -0.466 e. The summed E-state index contributed by atoms with van der Waals surface area (Å²) in [5.74, 6) is -0.0286. The number of halogens is 1. The Morgan fingerprint density at radius 3 is 2.54 bits per heavy atom. The Bertz CT molecular complexity index is 632. The molecule has 0 saturated carbocycles. The van der Waals surface area contributed by atoms with E-state index < -0.39 is 5.41 Å². The lowest BCUT2D eigenvalue weighted by molar-refractivity contribution is -0.160. The minimum absolute atomic E-state index is 0.0265. The van der Waals surface area contributed by atoms with Crippen LogP contribution in [-0.4, -0.2) is 49.7 Å². The van der Waals surface area contributed by atoms with Crippen LogP contribution < -0.4 is 0 Å². The minimum atomic E-state index is -0.577. The van der Waals surface area contributed by atoms with Crippen molar-refractivity contribution in [1.82, 2.24) is 4.90 Å². The number of rotatable bonds is 5. The number of esters is 1. The Hall–Kier alpha value is -1.59. The summed E-state index contributed by atoms with van der Waals surface area (Å²) in [4.78, 5) is 27.3. The first-order chi connectivity index (χ1) is 12.5. The van der Waals surface area contributed by atoms with Crippen molar-refractivity contribution >= 4 is 23.5 Å². The molecule has 26 heavy (non-hydrogen) atoms. The van der Waals surface area contributed by atoms with E-state index in [1.807, 2.05) is 36.1 Å². The molecular formula is C20H26ClNO4. The van der Waals surface area contributed by atoms with E-state index in [0.717, 1.165) is 12.0 Å². The van der Waals surface area contributed by atoms with E-state index in [1.165, 1.54) is 0 Å². The highest BCUT2D eigenvalue weighted by atomic mass is 35.5. The smallest absolute Gasteiger partial charge is 0.312 e. The summed E-state index contributed by atoms with van der Waals surface area (Å²) in [6.45, 7) is 4.54. The maximum Gasteiger partial charge on any atom is 0.312 e. The molecule has 142 valence electrons. The molecular weight excluding hydrogens is 354 g/mol. The highest BCUT2D eigenvalue weighted by molar-refractivity contribution is 6.30. The van der Waals surface area contributed by atoms with Gasteiger partial charge in [-0.1, -0.05) is 23.7 Å². The van der Waals surface area contributed by atoms with Gasteiger partial charge in [0.2, 0.25) is 5.91 Å². The van der Waals surface area contributed by atoms with Gasteiger partial charge in [0.15, 0.2) is 0 Å². The van der Waals surface area contributed by atoms with E-state index in [4.69, 9.17) is 21.1 Å². The van der Waals surface area contributed by atoms with Crippen LogP contribution in [0.5, 0.6) is 0 Å². The van der Waals surface area contributed by atoms with E-state index in [0.29, 0.717) is 57.2 Å². The molecule has 1 aromatic rings. The van der Waals surface area contributed by atoms with Crippen LogP contribution in [0.25, 0.3) is 0 Å². The number of benzene rings is 1. The summed E-state index contributed by atoms with van der Waals surface area (Å²) in [7, 11) is 0. The lowest BCUT2D eigenvalue weighted by atomic mass is 9.73. The zero-order valence-corrected chi connectivity index (χ0v) is 16.0. The average molecular weight is 380 g/mol. The van der Waals surface area contributed by atoms with E-state index >= 15 is 0 Å². The first-order valence-corrected chi connectivity index (χ1v) is 9.70. The number of carbonyl (C=O) groups is 2. The van der Waals surface area contributed by atoms with Crippen molar-refractivity contribution in [3.63, 3.8) is 0 Å². The van der Waals surface area contributed by atoms with Crippen LogP contribution in [0, 0.1) is 11.3 Å². The number of carbonyl (C=O) groups excluding carboxylic acids is 2. The fraction of sp³-hybridized carbons (Fsp3) is 0.600. The number of hydrogen-bond acceptors (Lipinski definition) is 4. The fourth-order valence-corrected chi connectivity index (χ4v) is 4.00. The molecule has 0 aliphatic carbocycles. The standard InChI is InChI=1S/C20H26ClNO4/c1-2-26-19(24)20(13-15-3-5-17(21)6-4-15)8-10-22(11-9-20)18(23)16-7-12-25-14-16/h3-6,16H,2,7-14H2,1H3/t16-/m0/s1. The van der Waals surface area contributed by atoms with Crippen molar-refractivity contribution in [2.24, 2.45) is 11.3 Å². The number of nitrogens with zero attached hydrogens (tertiary/aromatic N) is 1. The number of ether oxygens (including phenoxy) is 2. The SMILES string of the molecule is CCOC(=O)C1(Cc2ccc(Cl)cc2)CCN(C(=O)[C@H]2CCOC2)CC1. The third-order valence-electron chi connectivity index (χ3n) is 5.48. The molecule has 2 fully saturated rings. The average Bonchev–Trinajstić information content (AvgIpc) is 3.18. The molecule has 1 aromatic carbocycles. The molecule has 2 heterocycles. The largest absolute Gasteiger partial charge is 0.466 e. The number of piperidine rings is 1. The zero-order valence-electron chi connectivity index (χ0n) is 15.2. The first kappa shape index (κ1) is 19.2. The molecule has 2 aliphatic heterocycles. The van der Waals surface area contributed by atoms with Gasteiger partial charge in [-0.2, -0.15) is 0 Å². The third-order valence-corrected chi connectivity index (χ3v) is 5.73. The molecule has 1 atom stereocenters. The fourth-order valence-electron chi connectivity index (χ4n) is 3.87. The maximum absolute atomic E-state index is 12.8. The van der Waals surface area contributed by atoms with Gasteiger partial charge in [-0.25, -0.2) is 0 Å². The number of amides is 1. The number of hydrogen-bond donors (Lipinski definition) is 0. The van der Waals surface area contributed by atoms with Crippen LogP contribution in [0.4, 0.5) is 0 Å². The molecule has 0 unspecified atom stereocenters. The molecule has 0 bridgehead atoms. The second kappa shape index (κ2) is 8.40. The molecule has 5 nitrogen and oxygen atoms in total. The second-order valence-electron chi connectivity index (χ2n) is 7.19. The van der Waals surface area contributed by atoms with Crippen LogP contribution in [0.3, 0.4) is 0 Å². The molecule has 3 rings (SSSR count). The molecule has 2 aliphatic rings. The van der Waals surface area contributed by atoms with Gasteiger partial charge in [0.25, 0.3) is 0 Å². The van der Waals surface area contributed by atoms with Crippen LogP contribution in [0.1, 0.15) is 31.7 Å². The maximum atomic E-state index is 12.8. The Morgan fingerprint density at radius 2 is 1.96 bits per heavy atom. The Labute approximate surface area is 159 Å². The lowest BCUT2D eigenvalue weighted by Crippen LogP contribution is -2.49. The first-order valence-electron chi connectivity index (χ1n) is 9.32. The summed E-state index contributed by atoms with van der Waals surface area (Å²) in [6.07, 6.45) is 2.64. The van der Waals surface area contributed by atoms with Crippen LogP contribution in [-0.2, 0) is 25.5 Å². The van der Waals surface area contributed by atoms with Crippen molar-refractivity contribution < 1.29 is 19.1 Å². The topological polar surface area (TPSA) is 55.8 Å². The summed E-state index contributed by atoms with van der Waals surface area (Å²) in [5.41, 5.74) is 0.485. The normalized spacial score (nSPS) is 22.2. The van der Waals surface area contributed by atoms with Gasteiger partial charge in [-0.05, 0) is 50.3 Å². The van der Waals surface area contributed by atoms with E-state index in [-0.39, 0.29) is 17.8 Å². The predicted octanol–water partition coefficient (Wildman–Crippen LogP) is 3.09. The van der Waals surface area contributed by atoms with Gasteiger partial charge < -0.3 is 14.4 Å². The molecule has 0 spiro atoms. The van der Waals surface area contributed by atoms with Crippen molar-refractivity contribution in [2.75, 3.05) is 32.9 Å². The molecule has 2 saturated heterocycles. The summed E-state index contributed by atoms with van der Waals surface area (Å²) < 4.78 is 10.7. The van der Waals surface area contributed by atoms with Gasteiger partial charge in [-0.3, -0.25) is 9.59 Å². The van der Waals surface area contributed by atoms with Crippen LogP contribution in [0.15, 0.2) is 24.3 Å². The van der Waals surface area contributed by atoms with Crippen LogP contribution >= 0.6 is 11.6 Å². The van der Waals surface area contributed by atoms with Gasteiger partial charge in [-0.15, -0.1) is 0 Å². The quantitative estimate of drug-likeness (QED) is 0.738. The van der Waals surface area contributed by atoms with Crippen molar-refractivity contribution in [1.29, 1.82) is 0 Å². The third kappa shape index (κ3) is 4.21. The van der Waals surface area contributed by atoms with E-state index in [2.05, 4.69) is 0 Å².